The highest BCUT2D eigenvalue weighted by Crippen LogP contribution is 2.19. The Morgan fingerprint density at radius 3 is 3.00 bits per heavy atom. The molecule has 0 spiro atoms. The molecule has 1 aliphatic rings. The maximum Gasteiger partial charge on any atom is 0.147 e. The average molecular weight is 243 g/mol. The van der Waals surface area contributed by atoms with Crippen LogP contribution in [-0.2, 0) is 15.5 Å². The van der Waals surface area contributed by atoms with Gasteiger partial charge in [-0.25, -0.2) is 4.39 Å². The maximum absolute atomic E-state index is 13.2. The third kappa shape index (κ3) is 2.59. The summed E-state index contributed by atoms with van der Waals surface area (Å²) in [5.74, 6) is -0.0817. The van der Waals surface area contributed by atoms with Gasteiger partial charge in [-0.15, -0.1) is 0 Å². The van der Waals surface area contributed by atoms with Gasteiger partial charge < -0.3 is 10.5 Å². The Bertz CT molecular complexity index is 405. The van der Waals surface area contributed by atoms with Gasteiger partial charge >= 0.3 is 0 Å². The quantitative estimate of drug-likeness (QED) is 0.822. The fourth-order valence-corrected chi connectivity index (χ4v) is 2.94. The van der Waals surface area contributed by atoms with E-state index in [9.17, 15) is 8.60 Å². The summed E-state index contributed by atoms with van der Waals surface area (Å²) in [5.41, 5.74) is 5.44. The lowest BCUT2D eigenvalue weighted by Crippen LogP contribution is -2.15. The zero-order chi connectivity index (χ0) is 11.5. The first-order valence-corrected chi connectivity index (χ1v) is 6.53. The third-order valence-electron chi connectivity index (χ3n) is 2.60. The van der Waals surface area contributed by atoms with Crippen LogP contribution in [-0.4, -0.2) is 22.7 Å². The van der Waals surface area contributed by atoms with Gasteiger partial charge in [0.2, 0.25) is 0 Å². The number of ether oxygens (including phenoxy) is 1. The van der Waals surface area contributed by atoms with E-state index < -0.39 is 16.6 Å². The molecule has 2 atom stereocenters. The summed E-state index contributed by atoms with van der Waals surface area (Å²) in [6, 6.07) is 4.28. The highest BCUT2D eigenvalue weighted by Gasteiger charge is 2.19. The molecule has 1 heterocycles. The van der Waals surface area contributed by atoms with Crippen LogP contribution in [0.2, 0.25) is 0 Å². The van der Waals surface area contributed by atoms with Crippen molar-refractivity contribution < 1.29 is 13.3 Å². The number of benzene rings is 1. The van der Waals surface area contributed by atoms with Crippen LogP contribution in [0.5, 0.6) is 0 Å². The molecule has 16 heavy (non-hydrogen) atoms. The largest absolute Gasteiger partial charge is 0.396 e. The van der Waals surface area contributed by atoms with E-state index in [1.807, 2.05) is 0 Å². The molecule has 1 aromatic carbocycles. The van der Waals surface area contributed by atoms with Crippen LogP contribution in [0.4, 0.5) is 10.1 Å². The Balaban J connectivity index is 2.05. The van der Waals surface area contributed by atoms with Crippen molar-refractivity contribution in [2.24, 2.45) is 0 Å². The molecule has 0 amide bonds. The number of halogens is 1. The van der Waals surface area contributed by atoms with Crippen LogP contribution in [0.15, 0.2) is 23.1 Å². The van der Waals surface area contributed by atoms with Crippen molar-refractivity contribution in [3.63, 3.8) is 0 Å². The van der Waals surface area contributed by atoms with E-state index >= 15 is 0 Å². The predicted octanol–water partition coefficient (Wildman–Crippen LogP) is 1.69. The Kier molecular flexibility index (Phi) is 3.56. The first-order chi connectivity index (χ1) is 7.66. The second-order valence-electron chi connectivity index (χ2n) is 3.83. The number of anilines is 1. The third-order valence-corrected chi connectivity index (χ3v) is 4.05. The van der Waals surface area contributed by atoms with Crippen molar-refractivity contribution in [2.45, 2.75) is 23.8 Å². The van der Waals surface area contributed by atoms with Gasteiger partial charge in [-0.3, -0.25) is 4.21 Å². The Labute approximate surface area is 96.2 Å². The van der Waals surface area contributed by atoms with Gasteiger partial charge in [0.25, 0.3) is 0 Å². The minimum Gasteiger partial charge on any atom is -0.396 e. The second kappa shape index (κ2) is 4.93. The van der Waals surface area contributed by atoms with Gasteiger partial charge in [-0.05, 0) is 31.0 Å². The lowest BCUT2D eigenvalue weighted by molar-refractivity contribution is 0.128. The van der Waals surface area contributed by atoms with E-state index in [1.54, 1.807) is 6.07 Å². The summed E-state index contributed by atoms with van der Waals surface area (Å²) < 4.78 is 30.4. The number of nitrogens with two attached hydrogens (primary N) is 1. The van der Waals surface area contributed by atoms with Crippen LogP contribution in [0.3, 0.4) is 0 Å². The molecule has 0 aromatic heterocycles. The van der Waals surface area contributed by atoms with Crippen molar-refractivity contribution >= 4 is 16.5 Å². The SMILES string of the molecule is Nc1ccc(S(=O)CC2CCCO2)cc1F. The summed E-state index contributed by atoms with van der Waals surface area (Å²) >= 11 is 0. The molecule has 0 saturated carbocycles. The lowest BCUT2D eigenvalue weighted by atomic mass is 10.3. The highest BCUT2D eigenvalue weighted by molar-refractivity contribution is 7.85. The van der Waals surface area contributed by atoms with Crippen LogP contribution >= 0.6 is 0 Å². The molecule has 2 unspecified atom stereocenters. The minimum absolute atomic E-state index is 0.0430. The van der Waals surface area contributed by atoms with Gasteiger partial charge in [-0.1, -0.05) is 0 Å². The summed E-state index contributed by atoms with van der Waals surface area (Å²) in [5, 5.41) is 0. The Morgan fingerprint density at radius 1 is 1.56 bits per heavy atom. The molecular formula is C11H14FNO2S. The molecule has 2 rings (SSSR count). The lowest BCUT2D eigenvalue weighted by Gasteiger charge is -2.09. The topological polar surface area (TPSA) is 52.3 Å². The first kappa shape index (κ1) is 11.5. The molecule has 0 radical (unpaired) electrons. The van der Waals surface area contributed by atoms with Crippen molar-refractivity contribution in [3.05, 3.63) is 24.0 Å². The van der Waals surface area contributed by atoms with E-state index in [0.29, 0.717) is 10.6 Å². The van der Waals surface area contributed by atoms with Gasteiger partial charge in [0.1, 0.15) is 5.82 Å². The fraction of sp³-hybridized carbons (Fsp3) is 0.455. The van der Waals surface area contributed by atoms with Crippen molar-refractivity contribution in [2.75, 3.05) is 18.1 Å². The molecule has 5 heteroatoms. The Morgan fingerprint density at radius 2 is 2.38 bits per heavy atom. The standard InChI is InChI=1S/C11H14FNO2S/c12-10-6-9(3-4-11(10)13)16(14)7-8-2-1-5-15-8/h3-4,6,8H,1-2,5,7,13H2. The van der Waals surface area contributed by atoms with Gasteiger partial charge in [-0.2, -0.15) is 0 Å². The molecule has 1 saturated heterocycles. The second-order valence-corrected chi connectivity index (χ2v) is 5.33. The number of nitrogen functional groups attached to an aromatic ring is 1. The summed E-state index contributed by atoms with van der Waals surface area (Å²) in [7, 11) is -1.21. The van der Waals surface area contributed by atoms with E-state index in [-0.39, 0.29) is 11.8 Å². The predicted molar refractivity (Wildman–Crippen MR) is 61.1 cm³/mol. The van der Waals surface area contributed by atoms with Crippen molar-refractivity contribution in [3.8, 4) is 0 Å². The number of hydrogen-bond donors (Lipinski definition) is 1. The monoisotopic (exact) mass is 243 g/mol. The van der Waals surface area contributed by atoms with E-state index in [4.69, 9.17) is 10.5 Å². The van der Waals surface area contributed by atoms with E-state index in [2.05, 4.69) is 0 Å². The first-order valence-electron chi connectivity index (χ1n) is 5.22. The molecule has 88 valence electrons. The van der Waals surface area contributed by atoms with Crippen LogP contribution in [0.25, 0.3) is 0 Å². The molecule has 2 N–H and O–H groups in total. The molecular weight excluding hydrogens is 229 g/mol. The van der Waals surface area contributed by atoms with Crippen molar-refractivity contribution in [1.29, 1.82) is 0 Å². The van der Waals surface area contributed by atoms with Crippen LogP contribution < -0.4 is 5.73 Å². The van der Waals surface area contributed by atoms with E-state index in [0.717, 1.165) is 19.4 Å². The van der Waals surface area contributed by atoms with Gasteiger partial charge in [0.05, 0.1) is 28.3 Å². The fourth-order valence-electron chi connectivity index (χ4n) is 1.69. The molecule has 1 aromatic rings. The smallest absolute Gasteiger partial charge is 0.147 e. The maximum atomic E-state index is 13.2. The van der Waals surface area contributed by atoms with E-state index in [1.165, 1.54) is 12.1 Å². The zero-order valence-corrected chi connectivity index (χ0v) is 9.63. The average Bonchev–Trinajstić information content (AvgIpc) is 2.74. The highest BCUT2D eigenvalue weighted by atomic mass is 32.2. The molecule has 3 nitrogen and oxygen atoms in total. The van der Waals surface area contributed by atoms with Gasteiger partial charge in [0.15, 0.2) is 0 Å². The number of hydrogen-bond acceptors (Lipinski definition) is 3. The molecule has 1 fully saturated rings. The number of rotatable bonds is 3. The van der Waals surface area contributed by atoms with Crippen LogP contribution in [0, 0.1) is 5.82 Å². The van der Waals surface area contributed by atoms with Gasteiger partial charge in [0, 0.05) is 11.5 Å². The summed E-state index contributed by atoms with van der Waals surface area (Å²) in [6.07, 6.45) is 1.99. The summed E-state index contributed by atoms with van der Waals surface area (Å²) in [6.45, 7) is 0.734. The summed E-state index contributed by atoms with van der Waals surface area (Å²) in [4.78, 5) is 0.474. The minimum atomic E-state index is -1.21. The normalized spacial score (nSPS) is 22.2. The zero-order valence-electron chi connectivity index (χ0n) is 8.82. The van der Waals surface area contributed by atoms with Crippen LogP contribution in [0.1, 0.15) is 12.8 Å². The Hall–Kier alpha value is -0.940. The molecule has 1 aliphatic heterocycles. The molecule has 0 aliphatic carbocycles. The van der Waals surface area contributed by atoms with Crippen molar-refractivity contribution in [1.82, 2.24) is 0 Å². The molecule has 0 bridgehead atoms.